The number of carbonyl (C=O) groups excluding carboxylic acids is 1. The van der Waals surface area contributed by atoms with Gasteiger partial charge in [0.05, 0.1) is 5.75 Å². The summed E-state index contributed by atoms with van der Waals surface area (Å²) in [6.45, 7) is 4.64. The van der Waals surface area contributed by atoms with E-state index in [-0.39, 0.29) is 23.6 Å². The minimum absolute atomic E-state index is 0.0462. The molecule has 1 aromatic rings. The van der Waals surface area contributed by atoms with Crippen molar-refractivity contribution >= 4 is 23.6 Å². The van der Waals surface area contributed by atoms with E-state index in [0.29, 0.717) is 11.7 Å². The fraction of sp³-hybridized carbons (Fsp3) is 0.667. The summed E-state index contributed by atoms with van der Waals surface area (Å²) in [5.41, 5.74) is 0. The Kier molecular flexibility index (Phi) is 4.64. The molecule has 1 unspecified atom stereocenters. The van der Waals surface area contributed by atoms with Gasteiger partial charge in [0, 0.05) is 12.5 Å². The van der Waals surface area contributed by atoms with Crippen molar-refractivity contribution in [1.82, 2.24) is 20.1 Å². The highest BCUT2D eigenvalue weighted by atomic mass is 32.2. The Balaban J connectivity index is 2.33. The summed E-state index contributed by atoms with van der Waals surface area (Å²) >= 11 is 1.10. The van der Waals surface area contributed by atoms with Crippen molar-refractivity contribution in [1.29, 1.82) is 0 Å². The highest BCUT2D eigenvalue weighted by Gasteiger charge is 2.30. The number of thioether (sulfide) groups is 1. The number of aliphatic carboxylic acids is 1. The Morgan fingerprint density at radius 1 is 1.55 bits per heavy atom. The van der Waals surface area contributed by atoms with E-state index < -0.39 is 5.97 Å². The summed E-state index contributed by atoms with van der Waals surface area (Å²) in [5, 5.41) is 20.3. The largest absolute Gasteiger partial charge is 0.481 e. The molecule has 0 radical (unpaired) electrons. The maximum Gasteiger partial charge on any atom is 0.313 e. The molecule has 1 amide bonds. The molecule has 0 aliphatic carbocycles. The van der Waals surface area contributed by atoms with Crippen LogP contribution in [-0.2, 0) is 9.59 Å². The van der Waals surface area contributed by atoms with E-state index in [1.807, 2.05) is 13.8 Å². The third-order valence-corrected chi connectivity index (χ3v) is 4.03. The average molecular weight is 298 g/mol. The number of amides is 1. The van der Waals surface area contributed by atoms with E-state index >= 15 is 0 Å². The lowest BCUT2D eigenvalue weighted by atomic mass is 10.1. The Labute approximate surface area is 121 Å². The predicted molar refractivity (Wildman–Crippen MR) is 73.8 cm³/mol. The first-order valence-electron chi connectivity index (χ1n) is 6.57. The van der Waals surface area contributed by atoms with Gasteiger partial charge >= 0.3 is 5.97 Å². The third-order valence-electron chi connectivity index (χ3n) is 3.10. The van der Waals surface area contributed by atoms with E-state index in [1.54, 1.807) is 4.57 Å². The van der Waals surface area contributed by atoms with Gasteiger partial charge < -0.3 is 10.4 Å². The van der Waals surface area contributed by atoms with Crippen molar-refractivity contribution < 1.29 is 14.7 Å². The molecule has 0 saturated carbocycles. The van der Waals surface area contributed by atoms with Gasteiger partial charge in [-0.2, -0.15) is 0 Å². The van der Waals surface area contributed by atoms with Gasteiger partial charge in [-0.3, -0.25) is 14.2 Å². The first-order valence-corrected chi connectivity index (χ1v) is 7.56. The zero-order chi connectivity index (χ0) is 14.7. The molecular formula is C12H18N4O3S. The molecule has 7 nitrogen and oxygen atoms in total. The number of carboxylic acids is 1. The van der Waals surface area contributed by atoms with Gasteiger partial charge in [0.1, 0.15) is 11.9 Å². The predicted octanol–water partition coefficient (Wildman–Crippen LogP) is 1.03. The van der Waals surface area contributed by atoms with Crippen molar-refractivity contribution in [2.75, 3.05) is 12.3 Å². The van der Waals surface area contributed by atoms with Crippen LogP contribution >= 0.6 is 11.8 Å². The minimum Gasteiger partial charge on any atom is -0.481 e. The first kappa shape index (κ1) is 14.8. The normalized spacial score (nSPS) is 19.1. The van der Waals surface area contributed by atoms with Gasteiger partial charge in [-0.1, -0.05) is 25.6 Å². The fourth-order valence-corrected chi connectivity index (χ4v) is 2.91. The Morgan fingerprint density at radius 3 is 2.90 bits per heavy atom. The average Bonchev–Trinajstić information content (AvgIpc) is 2.80. The van der Waals surface area contributed by atoms with Gasteiger partial charge in [0.15, 0.2) is 5.16 Å². The van der Waals surface area contributed by atoms with Crippen molar-refractivity contribution in [3.8, 4) is 0 Å². The number of hydrogen-bond acceptors (Lipinski definition) is 5. The maximum atomic E-state index is 12.0. The van der Waals surface area contributed by atoms with Crippen LogP contribution in [0.5, 0.6) is 0 Å². The molecule has 0 aromatic carbocycles. The van der Waals surface area contributed by atoms with Gasteiger partial charge in [0.25, 0.3) is 0 Å². The van der Waals surface area contributed by atoms with Crippen molar-refractivity contribution in [3.63, 3.8) is 0 Å². The summed E-state index contributed by atoms with van der Waals surface area (Å²) in [7, 11) is 0. The number of aromatic nitrogens is 3. The summed E-state index contributed by atoms with van der Waals surface area (Å²) < 4.78 is 1.80. The molecule has 1 aromatic heterocycles. The highest BCUT2D eigenvalue weighted by molar-refractivity contribution is 7.99. The molecule has 1 fully saturated rings. The molecule has 2 heterocycles. The maximum absolute atomic E-state index is 12.0. The van der Waals surface area contributed by atoms with E-state index in [4.69, 9.17) is 5.11 Å². The second kappa shape index (κ2) is 6.25. The smallest absolute Gasteiger partial charge is 0.313 e. The number of carbonyl (C=O) groups is 2. The quantitative estimate of drug-likeness (QED) is 0.788. The van der Waals surface area contributed by atoms with E-state index in [0.717, 1.165) is 30.4 Å². The Bertz CT molecular complexity index is 515. The van der Waals surface area contributed by atoms with Crippen LogP contribution in [0.25, 0.3) is 0 Å². The van der Waals surface area contributed by atoms with Gasteiger partial charge in [-0.05, 0) is 12.8 Å². The molecule has 0 bridgehead atoms. The lowest BCUT2D eigenvalue weighted by Crippen LogP contribution is -2.38. The third kappa shape index (κ3) is 3.12. The number of nitrogens with one attached hydrogen (secondary N) is 1. The Hall–Kier alpha value is -1.57. The van der Waals surface area contributed by atoms with Crippen molar-refractivity contribution in [2.24, 2.45) is 0 Å². The number of piperidine rings is 1. The van der Waals surface area contributed by atoms with E-state index in [9.17, 15) is 9.59 Å². The van der Waals surface area contributed by atoms with Gasteiger partial charge in [0.2, 0.25) is 5.91 Å². The lowest BCUT2D eigenvalue weighted by Gasteiger charge is -2.25. The summed E-state index contributed by atoms with van der Waals surface area (Å²) in [4.78, 5) is 22.8. The highest BCUT2D eigenvalue weighted by Crippen LogP contribution is 2.29. The lowest BCUT2D eigenvalue weighted by molar-refractivity contribution is -0.134. The molecule has 1 aliphatic rings. The molecule has 110 valence electrons. The second-order valence-corrected chi connectivity index (χ2v) is 5.94. The molecule has 1 atom stereocenters. The number of rotatable bonds is 5. The van der Waals surface area contributed by atoms with Crippen molar-refractivity contribution in [3.05, 3.63) is 5.82 Å². The van der Waals surface area contributed by atoms with Gasteiger partial charge in [-0.25, -0.2) is 0 Å². The van der Waals surface area contributed by atoms with Crippen LogP contribution in [0.4, 0.5) is 0 Å². The van der Waals surface area contributed by atoms with Crippen LogP contribution < -0.4 is 5.32 Å². The monoisotopic (exact) mass is 298 g/mol. The minimum atomic E-state index is -0.913. The molecule has 2 rings (SSSR count). The molecule has 1 aliphatic heterocycles. The van der Waals surface area contributed by atoms with Crippen LogP contribution in [0, 0.1) is 0 Å². The van der Waals surface area contributed by atoms with Crippen LogP contribution in [0.15, 0.2) is 5.16 Å². The zero-order valence-electron chi connectivity index (χ0n) is 11.5. The van der Waals surface area contributed by atoms with Crippen LogP contribution in [0.3, 0.4) is 0 Å². The number of carboxylic acid groups (broad SMARTS) is 1. The first-order chi connectivity index (χ1) is 9.50. The summed E-state index contributed by atoms with van der Waals surface area (Å²) in [5.74, 6) is -0.208. The van der Waals surface area contributed by atoms with Gasteiger partial charge in [-0.15, -0.1) is 10.2 Å². The van der Waals surface area contributed by atoms with Crippen LogP contribution in [0.1, 0.15) is 44.5 Å². The van der Waals surface area contributed by atoms with E-state index in [1.165, 1.54) is 0 Å². The number of nitrogens with zero attached hydrogens (tertiary/aromatic N) is 3. The fourth-order valence-electron chi connectivity index (χ4n) is 2.20. The van der Waals surface area contributed by atoms with Crippen molar-refractivity contribution in [2.45, 2.75) is 43.8 Å². The second-order valence-electron chi connectivity index (χ2n) is 5.00. The van der Waals surface area contributed by atoms with Crippen LogP contribution in [0.2, 0.25) is 0 Å². The summed E-state index contributed by atoms with van der Waals surface area (Å²) in [6.07, 6.45) is 1.62. The SMILES string of the molecule is CC(C)c1nnc(SCC(=O)O)n1C1CCCNC1=O. The Morgan fingerprint density at radius 2 is 2.30 bits per heavy atom. The zero-order valence-corrected chi connectivity index (χ0v) is 12.3. The van der Waals surface area contributed by atoms with Crippen LogP contribution in [-0.4, -0.2) is 44.0 Å². The molecule has 2 N–H and O–H groups in total. The molecule has 1 saturated heterocycles. The summed E-state index contributed by atoms with van der Waals surface area (Å²) in [6, 6.07) is -0.340. The molecule has 0 spiro atoms. The van der Waals surface area contributed by atoms with E-state index in [2.05, 4.69) is 15.5 Å². The standard InChI is InChI=1S/C12H18N4O3S/c1-7(2)10-14-15-12(20-6-9(17)18)16(10)8-4-3-5-13-11(8)19/h7-8H,3-6H2,1-2H3,(H,13,19)(H,17,18). The topological polar surface area (TPSA) is 97.1 Å². The number of hydrogen-bond donors (Lipinski definition) is 2. The molecule has 8 heteroatoms. The molecule has 20 heavy (non-hydrogen) atoms. The molecular weight excluding hydrogens is 280 g/mol.